The Hall–Kier alpha value is -2.47. The highest BCUT2D eigenvalue weighted by Gasteiger charge is 2.42. The molecule has 0 spiro atoms. The zero-order valence-electron chi connectivity index (χ0n) is 15.6. The Labute approximate surface area is 170 Å². The van der Waals surface area contributed by atoms with Gasteiger partial charge < -0.3 is 5.32 Å². The second kappa shape index (κ2) is 6.01. The van der Waals surface area contributed by atoms with E-state index in [-0.39, 0.29) is 17.0 Å². The molecular weight excluding hydrogens is 421 g/mol. The van der Waals surface area contributed by atoms with Crippen LogP contribution in [0, 0.1) is 11.2 Å². The van der Waals surface area contributed by atoms with Gasteiger partial charge in [-0.2, -0.15) is 0 Å². The molecule has 0 saturated heterocycles. The number of nitrogens with one attached hydrogen (secondary N) is 1. The fourth-order valence-corrected chi connectivity index (χ4v) is 4.93. The first-order valence-electron chi connectivity index (χ1n) is 9.30. The number of imidazole rings is 1. The van der Waals surface area contributed by atoms with E-state index < -0.39 is 6.04 Å². The molecule has 5 rings (SSSR count). The third-order valence-corrected chi connectivity index (χ3v) is 6.42. The average molecular weight is 440 g/mol. The third-order valence-electron chi connectivity index (χ3n) is 5.59. The molecule has 1 N–H and O–H groups in total. The van der Waals surface area contributed by atoms with Crippen molar-refractivity contribution in [3.63, 3.8) is 0 Å². The highest BCUT2D eigenvalue weighted by molar-refractivity contribution is 9.10. The number of ketones is 1. The first-order valence-corrected chi connectivity index (χ1v) is 10.1. The van der Waals surface area contributed by atoms with Crippen LogP contribution in [-0.4, -0.2) is 15.3 Å². The van der Waals surface area contributed by atoms with Crippen molar-refractivity contribution in [1.82, 2.24) is 9.55 Å². The van der Waals surface area contributed by atoms with Gasteiger partial charge >= 0.3 is 0 Å². The summed E-state index contributed by atoms with van der Waals surface area (Å²) >= 11 is 3.42. The fraction of sp³-hybridized carbons (Fsp3) is 0.273. The SMILES string of the molecule is CC1(C)CC(=O)C2=C(C1)Nc1nc3ccccc3n1[C@H]2c1cccc(F)c1Br. The van der Waals surface area contributed by atoms with Gasteiger partial charge in [-0.3, -0.25) is 9.36 Å². The summed E-state index contributed by atoms with van der Waals surface area (Å²) in [6.45, 7) is 4.20. The number of rotatable bonds is 1. The molecule has 2 aliphatic rings. The molecule has 1 aliphatic heterocycles. The van der Waals surface area contributed by atoms with Crippen LogP contribution in [-0.2, 0) is 4.79 Å². The molecule has 0 saturated carbocycles. The number of carbonyl (C=O) groups excluding carboxylic acids is 1. The van der Waals surface area contributed by atoms with E-state index in [0.29, 0.717) is 22.4 Å². The minimum atomic E-state index is -0.424. The maximum atomic E-state index is 14.4. The molecule has 1 aromatic heterocycles. The highest BCUT2D eigenvalue weighted by atomic mass is 79.9. The summed E-state index contributed by atoms with van der Waals surface area (Å²) in [6, 6.07) is 12.4. The number of nitrogens with zero attached hydrogens (tertiary/aromatic N) is 2. The number of fused-ring (bicyclic) bond motifs is 3. The quantitative estimate of drug-likeness (QED) is 0.536. The van der Waals surface area contributed by atoms with E-state index in [4.69, 9.17) is 4.98 Å². The van der Waals surface area contributed by atoms with E-state index in [1.54, 1.807) is 6.07 Å². The number of halogens is 2. The Bertz CT molecular complexity index is 1180. The number of anilines is 1. The monoisotopic (exact) mass is 439 g/mol. The Morgan fingerprint density at radius 1 is 1.18 bits per heavy atom. The van der Waals surface area contributed by atoms with Crippen LogP contribution in [0.15, 0.2) is 58.2 Å². The van der Waals surface area contributed by atoms with Crippen LogP contribution >= 0.6 is 15.9 Å². The van der Waals surface area contributed by atoms with Gasteiger partial charge in [0.2, 0.25) is 5.95 Å². The van der Waals surface area contributed by atoms with Crippen molar-refractivity contribution >= 4 is 38.7 Å². The first-order chi connectivity index (χ1) is 13.4. The third kappa shape index (κ3) is 2.54. The predicted octanol–water partition coefficient (Wildman–Crippen LogP) is 5.60. The number of hydrogen-bond acceptors (Lipinski definition) is 3. The van der Waals surface area contributed by atoms with Crippen LogP contribution in [0.3, 0.4) is 0 Å². The summed E-state index contributed by atoms with van der Waals surface area (Å²) in [5.41, 5.74) is 3.96. The summed E-state index contributed by atoms with van der Waals surface area (Å²) < 4.78 is 16.8. The molecule has 1 atom stereocenters. The topological polar surface area (TPSA) is 46.9 Å². The lowest BCUT2D eigenvalue weighted by Crippen LogP contribution is -2.36. The first kappa shape index (κ1) is 17.6. The Morgan fingerprint density at radius 2 is 1.96 bits per heavy atom. The summed E-state index contributed by atoms with van der Waals surface area (Å²) in [7, 11) is 0. The molecule has 3 aromatic rings. The van der Waals surface area contributed by atoms with E-state index in [1.165, 1.54) is 6.07 Å². The largest absolute Gasteiger partial charge is 0.329 e. The smallest absolute Gasteiger partial charge is 0.209 e. The van der Waals surface area contributed by atoms with Crippen molar-refractivity contribution in [3.05, 3.63) is 69.6 Å². The Balaban J connectivity index is 1.83. The second-order valence-electron chi connectivity index (χ2n) is 8.30. The van der Waals surface area contributed by atoms with E-state index >= 15 is 0 Å². The molecule has 0 radical (unpaired) electrons. The number of hydrogen-bond donors (Lipinski definition) is 1. The van der Waals surface area contributed by atoms with Gasteiger partial charge in [0, 0.05) is 17.7 Å². The van der Waals surface area contributed by atoms with Gasteiger partial charge in [-0.1, -0.05) is 38.1 Å². The van der Waals surface area contributed by atoms with Gasteiger partial charge in [-0.25, -0.2) is 9.37 Å². The van der Waals surface area contributed by atoms with Crippen molar-refractivity contribution < 1.29 is 9.18 Å². The number of para-hydroxylation sites is 2. The lowest BCUT2D eigenvalue weighted by molar-refractivity contribution is -0.118. The van der Waals surface area contributed by atoms with Crippen molar-refractivity contribution in [2.24, 2.45) is 5.41 Å². The van der Waals surface area contributed by atoms with E-state index in [2.05, 4.69) is 35.1 Å². The fourth-order valence-electron chi connectivity index (χ4n) is 4.45. The van der Waals surface area contributed by atoms with E-state index in [1.807, 2.05) is 34.9 Å². The number of Topliss-reactive ketones (excluding diaryl/α,β-unsaturated/α-hetero) is 1. The van der Waals surface area contributed by atoms with Crippen LogP contribution in [0.1, 0.15) is 38.3 Å². The maximum absolute atomic E-state index is 14.4. The van der Waals surface area contributed by atoms with Crippen molar-refractivity contribution in [1.29, 1.82) is 0 Å². The highest BCUT2D eigenvalue weighted by Crippen LogP contribution is 2.48. The van der Waals surface area contributed by atoms with Crippen LogP contribution in [0.25, 0.3) is 11.0 Å². The zero-order valence-corrected chi connectivity index (χ0v) is 17.2. The van der Waals surface area contributed by atoms with Gasteiger partial charge in [-0.05, 0) is 51.5 Å². The van der Waals surface area contributed by atoms with Gasteiger partial charge in [-0.15, -0.1) is 0 Å². The van der Waals surface area contributed by atoms with Gasteiger partial charge in [0.25, 0.3) is 0 Å². The van der Waals surface area contributed by atoms with Crippen molar-refractivity contribution in [3.8, 4) is 0 Å². The molecular formula is C22H19BrFN3O. The van der Waals surface area contributed by atoms with Gasteiger partial charge in [0.15, 0.2) is 5.78 Å². The summed E-state index contributed by atoms with van der Waals surface area (Å²) in [5, 5.41) is 3.41. The Kier molecular flexibility index (Phi) is 3.78. The molecule has 0 unspecified atom stereocenters. The normalized spacial score (nSPS) is 20.7. The van der Waals surface area contributed by atoms with Crippen LogP contribution in [0.5, 0.6) is 0 Å². The molecule has 0 fully saturated rings. The second-order valence-corrected chi connectivity index (χ2v) is 9.09. The van der Waals surface area contributed by atoms with Crippen molar-refractivity contribution in [2.45, 2.75) is 32.7 Å². The zero-order chi connectivity index (χ0) is 19.6. The van der Waals surface area contributed by atoms with Crippen molar-refractivity contribution in [2.75, 3.05) is 5.32 Å². The molecule has 2 aromatic carbocycles. The Morgan fingerprint density at radius 3 is 2.79 bits per heavy atom. The van der Waals surface area contributed by atoms with Crippen LogP contribution in [0.4, 0.5) is 10.3 Å². The molecule has 2 heterocycles. The number of carbonyl (C=O) groups is 1. The maximum Gasteiger partial charge on any atom is 0.209 e. The molecule has 0 bridgehead atoms. The number of allylic oxidation sites excluding steroid dienone is 2. The molecule has 142 valence electrons. The number of benzene rings is 2. The van der Waals surface area contributed by atoms with Crippen LogP contribution in [0.2, 0.25) is 0 Å². The molecule has 4 nitrogen and oxygen atoms in total. The molecule has 6 heteroatoms. The summed E-state index contributed by atoms with van der Waals surface area (Å²) in [5.74, 6) is 0.447. The molecule has 1 aliphatic carbocycles. The summed E-state index contributed by atoms with van der Waals surface area (Å²) in [4.78, 5) is 18.0. The van der Waals surface area contributed by atoms with E-state index in [0.717, 1.165) is 28.7 Å². The molecule has 28 heavy (non-hydrogen) atoms. The minimum Gasteiger partial charge on any atom is -0.329 e. The van der Waals surface area contributed by atoms with Gasteiger partial charge in [0.05, 0.1) is 21.5 Å². The lowest BCUT2D eigenvalue weighted by Gasteiger charge is -2.39. The summed E-state index contributed by atoms with van der Waals surface area (Å²) in [6.07, 6.45) is 1.22. The standard InChI is InChI=1S/C22H19BrFN3O/c1-22(2)10-15-18(17(28)11-22)20(12-6-5-7-13(24)19(12)23)27-16-9-4-3-8-14(16)25-21(27)26-15/h3-9,20H,10-11H2,1-2H3,(H,25,26)/t20-/m0/s1. The average Bonchev–Trinajstić information content (AvgIpc) is 2.99. The number of aromatic nitrogens is 2. The van der Waals surface area contributed by atoms with Gasteiger partial charge in [0.1, 0.15) is 5.82 Å². The predicted molar refractivity (Wildman–Crippen MR) is 111 cm³/mol. The molecule has 0 amide bonds. The van der Waals surface area contributed by atoms with Crippen LogP contribution < -0.4 is 5.32 Å². The lowest BCUT2D eigenvalue weighted by atomic mass is 9.73. The van der Waals surface area contributed by atoms with E-state index in [9.17, 15) is 9.18 Å². The minimum absolute atomic E-state index is 0.100.